The summed E-state index contributed by atoms with van der Waals surface area (Å²) in [6, 6.07) is 20.9. The second kappa shape index (κ2) is 21.1. The molecule has 0 spiro atoms. The van der Waals surface area contributed by atoms with Crippen molar-refractivity contribution in [1.82, 2.24) is 69.6 Å². The van der Waals surface area contributed by atoms with Crippen molar-refractivity contribution in [2.45, 2.75) is 20.8 Å². The number of aryl methyl sites for hydroxylation is 3. The number of pyridine rings is 4. The van der Waals surface area contributed by atoms with Crippen molar-refractivity contribution in [1.29, 1.82) is 0 Å². The van der Waals surface area contributed by atoms with Crippen LogP contribution in [0, 0.1) is 38.2 Å². The van der Waals surface area contributed by atoms with Gasteiger partial charge in [-0.1, -0.05) is 21.7 Å². The number of carbonyl (C=O) groups is 3. The average molecular weight is 1130 g/mol. The maximum atomic E-state index is 16.0. The second-order valence-corrected chi connectivity index (χ2v) is 19.1. The van der Waals surface area contributed by atoms with E-state index < -0.39 is 35.5 Å². The van der Waals surface area contributed by atoms with Crippen molar-refractivity contribution in [3.8, 4) is 55.9 Å². The molecule has 12 rings (SSSR count). The van der Waals surface area contributed by atoms with E-state index in [1.165, 1.54) is 74.6 Å². The summed E-state index contributed by atoms with van der Waals surface area (Å²) in [5.74, 6) is -1.80. The predicted octanol–water partition coefficient (Wildman–Crippen LogP) is 9.15. The van der Waals surface area contributed by atoms with Gasteiger partial charge in [-0.2, -0.15) is 0 Å². The minimum Gasteiger partial charge on any atom is -0.380 e. The van der Waals surface area contributed by atoms with Gasteiger partial charge >= 0.3 is 18.1 Å². The Morgan fingerprint density at radius 2 is 1.00 bits per heavy atom. The number of nitrogens with one attached hydrogen (secondary N) is 6. The summed E-state index contributed by atoms with van der Waals surface area (Å²) in [5, 5.41) is 47.8. The molecule has 416 valence electrons. The first kappa shape index (κ1) is 52.5. The number of halogens is 3. The number of aromatic nitrogens is 14. The van der Waals surface area contributed by atoms with Crippen LogP contribution in [-0.2, 0) is 0 Å². The Balaban J connectivity index is 0.717. The van der Waals surface area contributed by atoms with Gasteiger partial charge in [0.15, 0.2) is 23.3 Å². The first-order chi connectivity index (χ1) is 40.5. The first-order valence-corrected chi connectivity index (χ1v) is 25.1. The Morgan fingerprint density at radius 1 is 0.452 bits per heavy atom. The van der Waals surface area contributed by atoms with E-state index in [1.807, 2.05) is 6.07 Å². The average Bonchev–Trinajstić information content (AvgIpc) is 2.85. The van der Waals surface area contributed by atoms with Crippen molar-refractivity contribution >= 4 is 86.6 Å². The number of anilines is 9. The number of hydrogen-bond donors (Lipinski definition) is 9. The minimum atomic E-state index is -0.857. The van der Waals surface area contributed by atoms with Gasteiger partial charge in [-0.3, -0.25) is 15.6 Å². The third-order valence-electron chi connectivity index (χ3n) is 13.3. The van der Waals surface area contributed by atoms with Gasteiger partial charge in [-0.15, -0.1) is 25.5 Å². The number of carbonyl (C=O) groups excluding carboxylic acids is 3. The number of amides is 6. The maximum absolute atomic E-state index is 16.0. The van der Waals surface area contributed by atoms with Crippen molar-refractivity contribution in [2.24, 2.45) is 0 Å². The van der Waals surface area contributed by atoms with Crippen LogP contribution in [0.2, 0.25) is 0 Å². The molecule has 6 amide bonds. The lowest BCUT2D eigenvalue weighted by molar-refractivity contribution is 0.261. The molecule has 29 heteroatoms. The third-order valence-corrected chi connectivity index (χ3v) is 13.3. The topological polar surface area (TPSA) is 356 Å². The first-order valence-electron chi connectivity index (χ1n) is 25.1. The van der Waals surface area contributed by atoms with Gasteiger partial charge in [-0.05, 0) is 134 Å². The summed E-state index contributed by atoms with van der Waals surface area (Å²) in [6.07, 6.45) is 9.23. The normalized spacial score (nSPS) is 11.3. The number of nitrogens with zero attached hydrogens (tertiary/aromatic N) is 14. The van der Waals surface area contributed by atoms with E-state index in [-0.39, 0.29) is 46.3 Å². The largest absolute Gasteiger partial charge is 0.380 e. The molecular formula is C55H42F3N23O3. The zero-order valence-electron chi connectivity index (χ0n) is 44.0. The number of fused-ring (bicyclic) bond motifs is 3. The van der Waals surface area contributed by atoms with Crippen LogP contribution in [-0.4, -0.2) is 87.7 Å². The lowest BCUT2D eigenvalue weighted by atomic mass is 9.97. The molecule has 0 fully saturated rings. The molecule has 0 bridgehead atoms. The highest BCUT2D eigenvalue weighted by molar-refractivity contribution is 6.02. The smallest absolute Gasteiger partial charge is 0.326 e. The molecule has 26 nitrogen and oxygen atoms in total. The van der Waals surface area contributed by atoms with Crippen LogP contribution in [0.4, 0.5) is 79.5 Å². The van der Waals surface area contributed by atoms with Gasteiger partial charge in [0.05, 0.1) is 40.3 Å². The molecule has 0 aliphatic rings. The van der Waals surface area contributed by atoms with Crippen LogP contribution in [0.15, 0.2) is 128 Å². The minimum absolute atomic E-state index is 0.0110. The van der Waals surface area contributed by atoms with Crippen LogP contribution < -0.4 is 49.1 Å². The Hall–Kier alpha value is -12.2. The molecule has 0 radical (unpaired) electrons. The van der Waals surface area contributed by atoms with Crippen molar-refractivity contribution < 1.29 is 27.6 Å². The highest BCUT2D eigenvalue weighted by Gasteiger charge is 2.22. The molecule has 9 aromatic heterocycles. The Kier molecular flexibility index (Phi) is 13.2. The van der Waals surface area contributed by atoms with Crippen LogP contribution in [0.25, 0.3) is 72.4 Å². The van der Waals surface area contributed by atoms with Crippen LogP contribution in [0.1, 0.15) is 16.7 Å². The van der Waals surface area contributed by atoms with E-state index in [4.69, 9.17) is 17.2 Å². The maximum Gasteiger partial charge on any atom is 0.326 e. The molecule has 0 aliphatic carbocycles. The Morgan fingerprint density at radius 3 is 1.60 bits per heavy atom. The molecule has 0 saturated heterocycles. The summed E-state index contributed by atoms with van der Waals surface area (Å²) in [7, 11) is 0. The summed E-state index contributed by atoms with van der Waals surface area (Å²) in [6.45, 7) is 5.22. The van der Waals surface area contributed by atoms with Crippen LogP contribution in [0.5, 0.6) is 0 Å². The molecular weight excluding hydrogens is 1090 g/mol. The molecule has 0 atom stereocenters. The molecule has 0 aliphatic heterocycles. The van der Waals surface area contributed by atoms with Gasteiger partial charge in [0, 0.05) is 64.4 Å². The van der Waals surface area contributed by atoms with E-state index in [0.717, 1.165) is 5.56 Å². The number of urea groups is 3. The van der Waals surface area contributed by atoms with E-state index in [9.17, 15) is 18.8 Å². The SMILES string of the molecule is Cc1ccc(F)c(NC(=O)Nc2ccc(-c3cc(-c4cc(F)c(NC(=O)Nc5ncc(-c6cc(-c7cc(F)c(NC(=O)Nc8ccc(-c9cccn%10nnc(N)c9%10)nc8)cc7C)cn7nnc(N)c67)cn5)cc4C)cn4nnc(N)c34)nn2)c1. The van der Waals surface area contributed by atoms with E-state index in [0.29, 0.717) is 89.3 Å². The predicted molar refractivity (Wildman–Crippen MR) is 307 cm³/mol. The quantitative estimate of drug-likeness (QED) is 0.0582. The van der Waals surface area contributed by atoms with Gasteiger partial charge in [0.2, 0.25) is 5.95 Å². The molecule has 9 heterocycles. The lowest BCUT2D eigenvalue weighted by Crippen LogP contribution is -2.21. The summed E-state index contributed by atoms with van der Waals surface area (Å²) >= 11 is 0. The molecule has 0 saturated carbocycles. The van der Waals surface area contributed by atoms with Gasteiger partial charge in [0.1, 0.15) is 34.0 Å². The fraction of sp³-hybridized carbons (Fsp3) is 0.0545. The number of benzene rings is 3. The van der Waals surface area contributed by atoms with Crippen LogP contribution >= 0.6 is 0 Å². The molecule has 3 aromatic carbocycles. The second-order valence-electron chi connectivity index (χ2n) is 19.1. The van der Waals surface area contributed by atoms with E-state index in [2.05, 4.69) is 88.0 Å². The van der Waals surface area contributed by atoms with E-state index in [1.54, 1.807) is 81.8 Å². The highest BCUT2D eigenvalue weighted by Crippen LogP contribution is 2.37. The van der Waals surface area contributed by atoms with Crippen LogP contribution in [0.3, 0.4) is 0 Å². The summed E-state index contributed by atoms with van der Waals surface area (Å²) in [4.78, 5) is 52.2. The zero-order valence-corrected chi connectivity index (χ0v) is 44.0. The molecule has 12 aromatic rings. The zero-order chi connectivity index (χ0) is 58.5. The van der Waals surface area contributed by atoms with Gasteiger partial charge in [-0.25, -0.2) is 51.1 Å². The van der Waals surface area contributed by atoms with Gasteiger partial charge in [0.25, 0.3) is 0 Å². The highest BCUT2D eigenvalue weighted by atomic mass is 19.1. The third kappa shape index (κ3) is 10.2. The number of hydrogen-bond acceptors (Lipinski definition) is 17. The fourth-order valence-corrected chi connectivity index (χ4v) is 9.41. The number of nitrogens with two attached hydrogens (primary N) is 3. The Labute approximate surface area is 470 Å². The fourth-order valence-electron chi connectivity index (χ4n) is 9.41. The monoisotopic (exact) mass is 1130 g/mol. The molecule has 12 N–H and O–H groups in total. The molecule has 0 unspecified atom stereocenters. The van der Waals surface area contributed by atoms with Gasteiger partial charge < -0.3 is 38.5 Å². The molecule has 84 heavy (non-hydrogen) atoms. The van der Waals surface area contributed by atoms with Crippen molar-refractivity contribution in [2.75, 3.05) is 49.1 Å². The number of rotatable bonds is 11. The van der Waals surface area contributed by atoms with Crippen molar-refractivity contribution in [3.05, 3.63) is 162 Å². The summed E-state index contributed by atoms with van der Waals surface area (Å²) in [5.41, 5.74) is 26.5. The number of nitrogen functional groups attached to an aromatic ring is 3. The Bertz CT molecular complexity index is 4630. The lowest BCUT2D eigenvalue weighted by Gasteiger charge is -2.14. The van der Waals surface area contributed by atoms with E-state index >= 15 is 8.78 Å². The standard InChI is InChI=1S/C55H42F3N23O3/c1-25-6-8-37(56)42(13-25)66-54(83)69-45-11-10-41(71-72-45)36-17-29(24-81-48(36)51(61)75-78-81)34-19-39(58)44(15-27(34)3)68-55(84)70-52-63-20-30(21-64-52)35-16-28(23-80-47(35)50(60)74-77-80)33-18-38(57)43(14-26(33)2)67-53(82)65-31-7-9-40(62-22-31)32-5-4-12-79-46(32)49(59)73-76-79/h4-24H,59-61H2,1-3H3,(H2,65,67,82)(H2,66,69,72,83)(H2,63,64,68,70,84). The summed E-state index contributed by atoms with van der Waals surface area (Å²) < 4.78 is 50.6. The van der Waals surface area contributed by atoms with Crippen molar-refractivity contribution in [3.63, 3.8) is 0 Å².